The highest BCUT2D eigenvalue weighted by Crippen LogP contribution is 2.42. The molecular weight excluding hydrogens is 506 g/mol. The molecule has 0 saturated carbocycles. The summed E-state index contributed by atoms with van der Waals surface area (Å²) in [4.78, 5) is 25.9. The van der Waals surface area contributed by atoms with Gasteiger partial charge in [0.25, 0.3) is 5.91 Å². The minimum atomic E-state index is -0.891. The van der Waals surface area contributed by atoms with Crippen molar-refractivity contribution in [3.05, 3.63) is 29.5 Å². The topological polar surface area (TPSA) is 94.5 Å². The van der Waals surface area contributed by atoms with Crippen LogP contribution in [0.1, 0.15) is 83.6 Å². The maximum atomic E-state index is 14.8. The van der Waals surface area contributed by atoms with E-state index in [0.717, 1.165) is 25.7 Å². The first-order chi connectivity index (χ1) is 18.6. The van der Waals surface area contributed by atoms with Crippen LogP contribution in [0.25, 0.3) is 11.3 Å². The first-order valence-corrected chi connectivity index (χ1v) is 13.9. The van der Waals surface area contributed by atoms with Gasteiger partial charge in [0.1, 0.15) is 0 Å². The minimum absolute atomic E-state index is 0.0454. The zero-order chi connectivity index (χ0) is 29.1. The fourth-order valence-corrected chi connectivity index (χ4v) is 4.60. The van der Waals surface area contributed by atoms with E-state index in [1.807, 2.05) is 20.8 Å². The molecule has 0 aliphatic heterocycles. The zero-order valence-electron chi connectivity index (χ0n) is 24.3. The summed E-state index contributed by atoms with van der Waals surface area (Å²) in [7, 11) is 2.58. The number of carbonyl (C=O) groups is 2. The number of ether oxygens (including phenoxy) is 2. The van der Waals surface area contributed by atoms with E-state index < -0.39 is 23.6 Å². The van der Waals surface area contributed by atoms with E-state index in [-0.39, 0.29) is 46.9 Å². The van der Waals surface area contributed by atoms with Crippen molar-refractivity contribution in [2.75, 3.05) is 20.8 Å². The first kappa shape index (κ1) is 32.0. The first-order valence-electron chi connectivity index (χ1n) is 13.9. The van der Waals surface area contributed by atoms with Gasteiger partial charge in [0.15, 0.2) is 28.8 Å². The molecule has 0 aliphatic carbocycles. The molecule has 1 atom stereocenters. The molecule has 0 radical (unpaired) electrons. The van der Waals surface area contributed by atoms with Gasteiger partial charge >= 0.3 is 0 Å². The number of amides is 2. The van der Waals surface area contributed by atoms with Crippen LogP contribution >= 0.6 is 0 Å². The normalized spacial score (nSPS) is 12.1. The van der Waals surface area contributed by atoms with Gasteiger partial charge in [-0.1, -0.05) is 53.9 Å². The van der Waals surface area contributed by atoms with Crippen molar-refractivity contribution in [3.8, 4) is 22.8 Å². The highest BCUT2D eigenvalue weighted by atomic mass is 19.1. The maximum Gasteiger partial charge on any atom is 0.272 e. The lowest BCUT2D eigenvalue weighted by atomic mass is 10.0. The summed E-state index contributed by atoms with van der Waals surface area (Å²) in [6.45, 7) is 11.2. The van der Waals surface area contributed by atoms with Gasteiger partial charge in [0.2, 0.25) is 5.91 Å². The molecule has 8 nitrogen and oxygen atoms in total. The fourth-order valence-electron chi connectivity index (χ4n) is 4.60. The number of nitrogens with one attached hydrogen (secondary N) is 2. The van der Waals surface area contributed by atoms with E-state index in [1.54, 1.807) is 4.68 Å². The SMILES string of the molecule is CCCCNC(=O)C[C@H](CC(C)C)NC(=O)c1cc(-c2c(OC)c(F)cc(F)c2OC)n(CC(CC)CC)n1. The van der Waals surface area contributed by atoms with Crippen LogP contribution < -0.4 is 20.1 Å². The Balaban J connectivity index is 2.51. The van der Waals surface area contributed by atoms with Crippen molar-refractivity contribution in [2.24, 2.45) is 11.8 Å². The summed E-state index contributed by atoms with van der Waals surface area (Å²) < 4.78 is 41.7. The Labute approximate surface area is 230 Å². The Hall–Kier alpha value is -3.17. The number of benzene rings is 1. The second-order valence-electron chi connectivity index (χ2n) is 10.3. The summed E-state index contributed by atoms with van der Waals surface area (Å²) in [5.41, 5.74) is 0.422. The highest BCUT2D eigenvalue weighted by Gasteiger charge is 2.28. The van der Waals surface area contributed by atoms with E-state index in [9.17, 15) is 18.4 Å². The van der Waals surface area contributed by atoms with Gasteiger partial charge in [0, 0.05) is 31.6 Å². The Morgan fingerprint density at radius 3 is 2.15 bits per heavy atom. The molecule has 1 heterocycles. The number of aromatic nitrogens is 2. The summed E-state index contributed by atoms with van der Waals surface area (Å²) in [5.74, 6) is -2.32. The molecule has 2 amide bonds. The van der Waals surface area contributed by atoms with Gasteiger partial charge in [-0.25, -0.2) is 8.78 Å². The van der Waals surface area contributed by atoms with Crippen molar-refractivity contribution in [1.29, 1.82) is 0 Å². The molecule has 10 heteroatoms. The largest absolute Gasteiger partial charge is 0.493 e. The van der Waals surface area contributed by atoms with Crippen LogP contribution in [-0.4, -0.2) is 48.4 Å². The van der Waals surface area contributed by atoms with Crippen molar-refractivity contribution >= 4 is 11.8 Å². The van der Waals surface area contributed by atoms with E-state index in [2.05, 4.69) is 29.6 Å². The summed E-state index contributed by atoms with van der Waals surface area (Å²) in [6.07, 6.45) is 4.31. The molecule has 2 N–H and O–H groups in total. The van der Waals surface area contributed by atoms with Gasteiger partial charge in [-0.05, 0) is 30.7 Å². The molecule has 0 saturated heterocycles. The van der Waals surface area contributed by atoms with Gasteiger partial charge in [-0.15, -0.1) is 0 Å². The predicted octanol–water partition coefficient (Wildman–Crippen LogP) is 5.73. The summed E-state index contributed by atoms with van der Waals surface area (Å²) in [6, 6.07) is 1.80. The number of unbranched alkanes of at least 4 members (excludes halogenated alkanes) is 1. The molecule has 1 aromatic heterocycles. The third kappa shape index (κ3) is 8.66. The maximum absolute atomic E-state index is 14.8. The van der Waals surface area contributed by atoms with Crippen molar-refractivity contribution in [2.45, 2.75) is 85.7 Å². The van der Waals surface area contributed by atoms with Crippen LogP contribution in [0.15, 0.2) is 12.1 Å². The van der Waals surface area contributed by atoms with Gasteiger partial charge in [-0.3, -0.25) is 14.3 Å². The Morgan fingerprint density at radius 2 is 1.64 bits per heavy atom. The molecule has 0 spiro atoms. The molecule has 2 rings (SSSR count). The molecule has 0 fully saturated rings. The summed E-state index contributed by atoms with van der Waals surface area (Å²) >= 11 is 0. The molecule has 2 aromatic rings. The number of carbonyl (C=O) groups excluding carboxylic acids is 2. The second kappa shape index (κ2) is 15.4. The average Bonchev–Trinajstić information content (AvgIpc) is 3.30. The lowest BCUT2D eigenvalue weighted by Crippen LogP contribution is -2.40. The third-order valence-corrected chi connectivity index (χ3v) is 6.78. The van der Waals surface area contributed by atoms with Crippen molar-refractivity contribution in [3.63, 3.8) is 0 Å². The number of hydrogen-bond donors (Lipinski definition) is 2. The van der Waals surface area contributed by atoms with E-state index in [0.29, 0.717) is 31.3 Å². The Bertz CT molecular complexity index is 1070. The van der Waals surface area contributed by atoms with E-state index in [4.69, 9.17) is 9.47 Å². The number of hydrogen-bond acceptors (Lipinski definition) is 5. The molecule has 218 valence electrons. The minimum Gasteiger partial charge on any atom is -0.493 e. The second-order valence-corrected chi connectivity index (χ2v) is 10.3. The van der Waals surface area contributed by atoms with Gasteiger partial charge in [0.05, 0.1) is 25.5 Å². The monoisotopic (exact) mass is 550 g/mol. The molecule has 0 unspecified atom stereocenters. The highest BCUT2D eigenvalue weighted by molar-refractivity contribution is 5.94. The Morgan fingerprint density at radius 1 is 1.03 bits per heavy atom. The standard InChI is InChI=1S/C29H44F2N4O4/c1-8-11-12-32-25(36)14-20(13-18(4)5)33-29(37)23-16-24(35(34-23)17-19(9-2)10-3)26-27(38-6)21(30)15-22(31)28(26)39-7/h15-16,18-20H,8-14,17H2,1-7H3,(H,32,36)(H,33,37)/t20-/m0/s1. The van der Waals surface area contributed by atoms with Crippen LogP contribution in [0, 0.1) is 23.5 Å². The number of methoxy groups -OCH3 is 2. The lowest BCUT2D eigenvalue weighted by Gasteiger charge is -2.20. The van der Waals surface area contributed by atoms with Gasteiger partial charge < -0.3 is 20.1 Å². The van der Waals surface area contributed by atoms with E-state index >= 15 is 0 Å². The molecule has 0 aliphatic rings. The van der Waals surface area contributed by atoms with Gasteiger partial charge in [-0.2, -0.15) is 5.10 Å². The van der Waals surface area contributed by atoms with Crippen LogP contribution in [0.4, 0.5) is 8.78 Å². The van der Waals surface area contributed by atoms with Crippen LogP contribution in [-0.2, 0) is 11.3 Å². The average molecular weight is 551 g/mol. The quantitative estimate of drug-likeness (QED) is 0.260. The molecule has 39 heavy (non-hydrogen) atoms. The smallest absolute Gasteiger partial charge is 0.272 e. The summed E-state index contributed by atoms with van der Waals surface area (Å²) in [5, 5.41) is 10.4. The number of nitrogens with zero attached hydrogens (tertiary/aromatic N) is 2. The van der Waals surface area contributed by atoms with E-state index in [1.165, 1.54) is 20.3 Å². The zero-order valence-corrected chi connectivity index (χ0v) is 24.3. The molecule has 0 bridgehead atoms. The number of rotatable bonds is 16. The van der Waals surface area contributed by atoms with Crippen LogP contribution in [0.3, 0.4) is 0 Å². The van der Waals surface area contributed by atoms with Crippen LogP contribution in [0.5, 0.6) is 11.5 Å². The van der Waals surface area contributed by atoms with Crippen LogP contribution in [0.2, 0.25) is 0 Å². The van der Waals surface area contributed by atoms with Crippen molar-refractivity contribution < 1.29 is 27.8 Å². The number of halogens is 2. The van der Waals surface area contributed by atoms with Crippen molar-refractivity contribution in [1.82, 2.24) is 20.4 Å². The Kier molecular flexibility index (Phi) is 12.7. The molecule has 1 aromatic carbocycles. The third-order valence-electron chi connectivity index (χ3n) is 6.78. The lowest BCUT2D eigenvalue weighted by molar-refractivity contribution is -0.121. The fraction of sp³-hybridized carbons (Fsp3) is 0.621. The molecular formula is C29H44F2N4O4. The predicted molar refractivity (Wildman–Crippen MR) is 148 cm³/mol.